The van der Waals surface area contributed by atoms with E-state index in [0.717, 1.165) is 18.5 Å². The monoisotopic (exact) mass is 881 g/mol. The van der Waals surface area contributed by atoms with E-state index in [1.807, 2.05) is 60.7 Å². The number of nitrogens with zero attached hydrogens (tertiary/aromatic N) is 4. The molecule has 3 aromatic carbocycles. The van der Waals surface area contributed by atoms with Gasteiger partial charge in [-0.15, -0.1) is 0 Å². The summed E-state index contributed by atoms with van der Waals surface area (Å²) in [6.45, 7) is 1.23. The maximum Gasteiger partial charge on any atom is 0.305 e. The Bertz CT molecular complexity index is 2470. The van der Waals surface area contributed by atoms with Crippen molar-refractivity contribution in [1.82, 2.24) is 15.3 Å². The van der Waals surface area contributed by atoms with E-state index in [0.29, 0.717) is 110 Å². The number of aliphatic hydroxyl groups excluding tert-OH is 1. The maximum absolute atomic E-state index is 11.7. The summed E-state index contributed by atoms with van der Waals surface area (Å²) in [6, 6.07) is 25.4. The first kappa shape index (κ1) is 44.8. The minimum Gasteiger partial charge on any atom is -0.481 e. The number of hydrogen-bond acceptors (Lipinski definition) is 11. The number of nitrogens with one attached hydrogen (secondary N) is 1. The van der Waals surface area contributed by atoms with Gasteiger partial charge >= 0.3 is 5.97 Å². The number of carboxylic acids is 1. The molecule has 61 heavy (non-hydrogen) atoms. The number of nitriles is 2. The van der Waals surface area contributed by atoms with Crippen LogP contribution in [0.4, 0.5) is 0 Å². The fourth-order valence-electron chi connectivity index (χ4n) is 7.18. The number of aliphatic hydroxyl groups is 1. The van der Waals surface area contributed by atoms with Crippen LogP contribution in [0.2, 0.25) is 15.1 Å². The second-order valence-corrected chi connectivity index (χ2v) is 15.9. The number of methoxy groups -OCH3 is 1. The molecular formula is C46H42Cl3N5O7. The summed E-state index contributed by atoms with van der Waals surface area (Å²) in [7, 11) is 1.57. The van der Waals surface area contributed by atoms with E-state index in [9.17, 15) is 25.2 Å². The second-order valence-electron chi connectivity index (χ2n) is 14.7. The largest absolute Gasteiger partial charge is 0.481 e. The number of carboxylic acid groups (broad SMARTS) is 1. The molecule has 3 N–H and O–H groups in total. The number of pyridine rings is 2. The number of rotatable bonds is 19. The molecule has 2 heterocycles. The standard InChI is InChI=1S/C46H42Cl3N5O7/c1-59-44-32(24-52-23-27-11-13-35(56)18-27)12-14-40(53-44)38-10-4-9-37(43(38)49)36-8-3-6-33(42(36)48)26-61-46-39(47)19-31(5-2-7-34(55)20-41(57)58)45(54-46)60-25-30-16-28(21-50)15-29(17-30)22-51/h3-4,6,8-10,12,14-17,19,27,34,52,55H,2,5,7,11,13,18,20,23-26H2,1H3,(H,57,58)/t27-,34-/m1/s1. The lowest BCUT2D eigenvalue weighted by atomic mass is 9.99. The van der Waals surface area contributed by atoms with Crippen LogP contribution in [0.15, 0.2) is 72.8 Å². The molecule has 0 spiro atoms. The normalized spacial score (nSPS) is 14.0. The van der Waals surface area contributed by atoms with Crippen LogP contribution < -0.4 is 19.5 Å². The number of Topliss-reactive ketones (excluding diaryl/α,β-unsaturated/α-hetero) is 1. The van der Waals surface area contributed by atoms with Gasteiger partial charge in [-0.1, -0.05) is 77.3 Å². The number of aryl methyl sites for hydroxylation is 1. The quantitative estimate of drug-likeness (QED) is 0.0714. The van der Waals surface area contributed by atoms with Gasteiger partial charge in [0.25, 0.3) is 0 Å². The minimum absolute atomic E-state index is 0.0298. The molecule has 314 valence electrons. The summed E-state index contributed by atoms with van der Waals surface area (Å²) in [5.41, 5.74) is 5.89. The van der Waals surface area contributed by atoms with Gasteiger partial charge in [0.1, 0.15) is 24.0 Å². The van der Waals surface area contributed by atoms with Crippen LogP contribution >= 0.6 is 34.8 Å². The van der Waals surface area contributed by atoms with Crippen LogP contribution in [-0.4, -0.2) is 51.7 Å². The Morgan fingerprint density at radius 3 is 2.26 bits per heavy atom. The van der Waals surface area contributed by atoms with E-state index < -0.39 is 12.1 Å². The SMILES string of the molecule is COc1nc(-c2cccc(-c3cccc(COc4nc(OCc5cc(C#N)cc(C#N)c5)c(CCC[C@@H](O)CC(=O)O)cc4Cl)c3Cl)c2Cl)ccc1CNC[C@@H]1CCC(=O)C1. The molecule has 0 unspecified atom stereocenters. The van der Waals surface area contributed by atoms with Gasteiger partial charge < -0.3 is 29.7 Å². The first-order chi connectivity index (χ1) is 29.5. The van der Waals surface area contributed by atoms with Crippen molar-refractivity contribution in [2.24, 2.45) is 5.92 Å². The number of hydrogen-bond donors (Lipinski definition) is 3. The molecule has 0 bridgehead atoms. The summed E-state index contributed by atoms with van der Waals surface area (Å²) in [4.78, 5) is 32.1. The Morgan fingerprint density at radius 2 is 1.57 bits per heavy atom. The van der Waals surface area contributed by atoms with Crippen molar-refractivity contribution in [3.8, 4) is 52.2 Å². The van der Waals surface area contributed by atoms with Crippen molar-refractivity contribution in [2.75, 3.05) is 13.7 Å². The highest BCUT2D eigenvalue weighted by Gasteiger charge is 2.22. The van der Waals surface area contributed by atoms with Crippen molar-refractivity contribution in [3.05, 3.63) is 121 Å². The Kier molecular flexibility index (Phi) is 15.6. The zero-order valence-electron chi connectivity index (χ0n) is 33.2. The summed E-state index contributed by atoms with van der Waals surface area (Å²) >= 11 is 20.8. The first-order valence-corrected chi connectivity index (χ1v) is 20.7. The summed E-state index contributed by atoms with van der Waals surface area (Å²) in [5, 5.41) is 42.5. The molecular weight excluding hydrogens is 841 g/mol. The summed E-state index contributed by atoms with van der Waals surface area (Å²) < 4.78 is 17.9. The average molecular weight is 883 g/mol. The predicted molar refractivity (Wildman–Crippen MR) is 231 cm³/mol. The fraction of sp³-hybridized carbons (Fsp3) is 0.304. The van der Waals surface area contributed by atoms with Crippen LogP contribution in [0.1, 0.15) is 71.9 Å². The van der Waals surface area contributed by atoms with Crippen LogP contribution in [-0.2, 0) is 35.8 Å². The van der Waals surface area contributed by atoms with Crippen LogP contribution in [0.5, 0.6) is 17.6 Å². The van der Waals surface area contributed by atoms with Crippen LogP contribution in [0, 0.1) is 28.6 Å². The van der Waals surface area contributed by atoms with Gasteiger partial charge in [-0.25, -0.2) is 4.98 Å². The summed E-state index contributed by atoms with van der Waals surface area (Å²) in [5.74, 6) is 0.274. The molecule has 1 aliphatic rings. The molecule has 1 aliphatic carbocycles. The number of benzene rings is 3. The van der Waals surface area contributed by atoms with Crippen molar-refractivity contribution < 1.29 is 34.0 Å². The van der Waals surface area contributed by atoms with E-state index in [4.69, 9.17) is 59.1 Å². The number of carbonyl (C=O) groups excluding carboxylic acids is 1. The lowest BCUT2D eigenvalue weighted by molar-refractivity contribution is -0.139. The van der Waals surface area contributed by atoms with Crippen molar-refractivity contribution in [2.45, 2.75) is 70.8 Å². The average Bonchev–Trinajstić information content (AvgIpc) is 3.67. The van der Waals surface area contributed by atoms with Crippen molar-refractivity contribution in [3.63, 3.8) is 0 Å². The van der Waals surface area contributed by atoms with E-state index in [1.165, 1.54) is 6.07 Å². The van der Waals surface area contributed by atoms with Gasteiger partial charge in [0, 0.05) is 52.8 Å². The molecule has 5 aromatic rings. The molecule has 2 atom stereocenters. The van der Waals surface area contributed by atoms with E-state index in [1.54, 1.807) is 25.3 Å². The van der Waals surface area contributed by atoms with Gasteiger partial charge in [-0.05, 0) is 74.0 Å². The van der Waals surface area contributed by atoms with Gasteiger partial charge in [-0.2, -0.15) is 15.5 Å². The molecule has 2 aromatic heterocycles. The molecule has 0 aliphatic heterocycles. The highest BCUT2D eigenvalue weighted by molar-refractivity contribution is 6.38. The van der Waals surface area contributed by atoms with Gasteiger partial charge in [0.05, 0.1) is 58.6 Å². The minimum atomic E-state index is -1.10. The lowest BCUT2D eigenvalue weighted by Crippen LogP contribution is -2.21. The van der Waals surface area contributed by atoms with E-state index in [2.05, 4.69) is 10.3 Å². The molecule has 0 saturated heterocycles. The Balaban J connectivity index is 1.20. The molecule has 15 heteroatoms. The third kappa shape index (κ3) is 11.8. The van der Waals surface area contributed by atoms with Gasteiger partial charge in [0.2, 0.25) is 17.6 Å². The van der Waals surface area contributed by atoms with Crippen molar-refractivity contribution >= 4 is 46.6 Å². The zero-order valence-corrected chi connectivity index (χ0v) is 35.5. The number of aliphatic carboxylic acids is 1. The molecule has 0 radical (unpaired) electrons. The number of ketones is 1. The number of halogens is 3. The number of aromatic nitrogens is 2. The Morgan fingerprint density at radius 1 is 0.869 bits per heavy atom. The van der Waals surface area contributed by atoms with Crippen LogP contribution in [0.3, 0.4) is 0 Å². The molecule has 1 saturated carbocycles. The number of carbonyl (C=O) groups is 2. The fourth-order valence-corrected chi connectivity index (χ4v) is 8.01. The smallest absolute Gasteiger partial charge is 0.305 e. The molecule has 1 fully saturated rings. The zero-order chi connectivity index (χ0) is 43.5. The van der Waals surface area contributed by atoms with E-state index >= 15 is 0 Å². The maximum atomic E-state index is 11.7. The topological polar surface area (TPSA) is 188 Å². The molecule has 0 amide bonds. The molecule has 12 nitrogen and oxygen atoms in total. The summed E-state index contributed by atoms with van der Waals surface area (Å²) in [6.07, 6.45) is 1.77. The predicted octanol–water partition coefficient (Wildman–Crippen LogP) is 9.30. The lowest BCUT2D eigenvalue weighted by Gasteiger charge is -2.17. The Labute approximate surface area is 368 Å². The third-order valence-corrected chi connectivity index (χ3v) is 11.4. The van der Waals surface area contributed by atoms with Gasteiger partial charge in [-0.3, -0.25) is 9.59 Å². The van der Waals surface area contributed by atoms with Crippen molar-refractivity contribution in [1.29, 1.82) is 10.5 Å². The highest BCUT2D eigenvalue weighted by Crippen LogP contribution is 2.41. The highest BCUT2D eigenvalue weighted by atomic mass is 35.5. The number of ether oxygens (including phenoxy) is 3. The first-order valence-electron chi connectivity index (χ1n) is 19.6. The third-order valence-electron chi connectivity index (χ3n) is 10.2. The van der Waals surface area contributed by atoms with Gasteiger partial charge in [0.15, 0.2) is 0 Å². The van der Waals surface area contributed by atoms with Crippen LogP contribution in [0.25, 0.3) is 22.4 Å². The second kappa shape index (κ2) is 21.2. The van der Waals surface area contributed by atoms with E-state index in [-0.39, 0.29) is 42.8 Å². The molecule has 6 rings (SSSR count). The Hall–Kier alpha value is -5.73.